The van der Waals surface area contributed by atoms with Gasteiger partial charge >= 0.3 is 5.97 Å². The SMILES string of the molecule is COC(=O)c1sc(N/N=C\c2ccc(OC)cc2OC)nc1-c1ccccc1. The lowest BCUT2D eigenvalue weighted by molar-refractivity contribution is 0.0607. The van der Waals surface area contributed by atoms with Crippen LogP contribution < -0.4 is 14.9 Å². The number of hydrazone groups is 1. The smallest absolute Gasteiger partial charge is 0.350 e. The lowest BCUT2D eigenvalue weighted by Gasteiger charge is -2.06. The number of rotatable bonds is 7. The van der Waals surface area contributed by atoms with Crippen LogP contribution in [0.2, 0.25) is 0 Å². The van der Waals surface area contributed by atoms with E-state index in [9.17, 15) is 4.79 Å². The maximum absolute atomic E-state index is 12.1. The molecule has 0 bridgehead atoms. The van der Waals surface area contributed by atoms with Crippen molar-refractivity contribution in [2.75, 3.05) is 26.8 Å². The van der Waals surface area contributed by atoms with E-state index in [4.69, 9.17) is 14.2 Å². The Hall–Kier alpha value is -3.39. The van der Waals surface area contributed by atoms with Gasteiger partial charge in [0.2, 0.25) is 5.13 Å². The van der Waals surface area contributed by atoms with E-state index in [1.54, 1.807) is 26.5 Å². The zero-order valence-corrected chi connectivity index (χ0v) is 16.4. The summed E-state index contributed by atoms with van der Waals surface area (Å²) >= 11 is 1.18. The first-order chi connectivity index (χ1) is 13.7. The van der Waals surface area contributed by atoms with Crippen molar-refractivity contribution < 1.29 is 19.0 Å². The lowest BCUT2D eigenvalue weighted by Crippen LogP contribution is -2.00. The number of aromatic nitrogens is 1. The normalized spacial score (nSPS) is 10.7. The van der Waals surface area contributed by atoms with Crippen LogP contribution in [0.1, 0.15) is 15.2 Å². The Morgan fingerprint density at radius 2 is 1.89 bits per heavy atom. The number of esters is 1. The summed E-state index contributed by atoms with van der Waals surface area (Å²) in [5.41, 5.74) is 5.01. The Morgan fingerprint density at radius 1 is 1.11 bits per heavy atom. The first-order valence-electron chi connectivity index (χ1n) is 8.32. The van der Waals surface area contributed by atoms with E-state index in [-0.39, 0.29) is 0 Å². The van der Waals surface area contributed by atoms with Crippen molar-refractivity contribution in [2.24, 2.45) is 5.10 Å². The molecule has 28 heavy (non-hydrogen) atoms. The monoisotopic (exact) mass is 397 g/mol. The Kier molecular flexibility index (Phi) is 6.23. The number of carbonyl (C=O) groups is 1. The summed E-state index contributed by atoms with van der Waals surface area (Å²) in [6, 6.07) is 14.9. The molecule has 7 nitrogen and oxygen atoms in total. The van der Waals surface area contributed by atoms with E-state index < -0.39 is 5.97 Å². The highest BCUT2D eigenvalue weighted by Gasteiger charge is 2.19. The molecule has 0 amide bonds. The second kappa shape index (κ2) is 9.01. The molecule has 0 saturated carbocycles. The van der Waals surface area contributed by atoms with Gasteiger partial charge in [0.15, 0.2) is 0 Å². The minimum absolute atomic E-state index is 0.411. The van der Waals surface area contributed by atoms with Crippen molar-refractivity contribution in [1.82, 2.24) is 4.98 Å². The molecule has 3 rings (SSSR count). The van der Waals surface area contributed by atoms with Gasteiger partial charge in [-0.1, -0.05) is 41.7 Å². The topological polar surface area (TPSA) is 82.0 Å². The zero-order valence-electron chi connectivity index (χ0n) is 15.6. The van der Waals surface area contributed by atoms with Crippen LogP contribution in [0.3, 0.4) is 0 Å². The van der Waals surface area contributed by atoms with Crippen molar-refractivity contribution in [2.45, 2.75) is 0 Å². The molecule has 0 radical (unpaired) electrons. The first-order valence-corrected chi connectivity index (χ1v) is 9.13. The Balaban J connectivity index is 1.84. The predicted octanol–water partition coefficient (Wildman–Crippen LogP) is 4.06. The van der Waals surface area contributed by atoms with E-state index in [0.717, 1.165) is 11.1 Å². The maximum Gasteiger partial charge on any atom is 0.350 e. The molecular weight excluding hydrogens is 378 g/mol. The van der Waals surface area contributed by atoms with E-state index >= 15 is 0 Å². The van der Waals surface area contributed by atoms with Crippen LogP contribution in [0, 0.1) is 0 Å². The fourth-order valence-corrected chi connectivity index (χ4v) is 3.33. The largest absolute Gasteiger partial charge is 0.497 e. The minimum atomic E-state index is -0.440. The lowest BCUT2D eigenvalue weighted by atomic mass is 10.1. The van der Waals surface area contributed by atoms with Crippen molar-refractivity contribution in [3.8, 4) is 22.8 Å². The molecule has 1 heterocycles. The van der Waals surface area contributed by atoms with Gasteiger partial charge in [0.05, 0.1) is 33.2 Å². The van der Waals surface area contributed by atoms with Gasteiger partial charge < -0.3 is 14.2 Å². The van der Waals surface area contributed by atoms with Gasteiger partial charge in [-0.05, 0) is 12.1 Å². The van der Waals surface area contributed by atoms with Crippen LogP contribution in [0.4, 0.5) is 5.13 Å². The van der Waals surface area contributed by atoms with Gasteiger partial charge in [0, 0.05) is 17.2 Å². The van der Waals surface area contributed by atoms with Crippen LogP contribution >= 0.6 is 11.3 Å². The summed E-state index contributed by atoms with van der Waals surface area (Å²) in [6.07, 6.45) is 1.61. The quantitative estimate of drug-likeness (QED) is 0.368. The standard InChI is InChI=1S/C20H19N3O4S/c1-25-15-10-9-14(16(11-15)26-2)12-21-23-20-22-17(13-7-5-4-6-8-13)18(28-20)19(24)27-3/h4-12H,1-3H3,(H,22,23)/b21-12-. The summed E-state index contributed by atoms with van der Waals surface area (Å²) in [6.45, 7) is 0. The molecule has 0 spiro atoms. The third kappa shape index (κ3) is 4.29. The third-order valence-electron chi connectivity index (χ3n) is 3.85. The second-order valence-electron chi connectivity index (χ2n) is 5.53. The number of benzene rings is 2. The van der Waals surface area contributed by atoms with Crippen molar-refractivity contribution in [3.05, 3.63) is 59.0 Å². The molecular formula is C20H19N3O4S. The van der Waals surface area contributed by atoms with E-state index in [0.29, 0.717) is 27.2 Å². The Labute approximate surface area is 166 Å². The Morgan fingerprint density at radius 3 is 2.57 bits per heavy atom. The molecule has 1 aromatic heterocycles. The van der Waals surface area contributed by atoms with Crippen LogP contribution in [-0.2, 0) is 4.74 Å². The van der Waals surface area contributed by atoms with Crippen LogP contribution in [0.15, 0.2) is 53.6 Å². The number of hydrogen-bond donors (Lipinski definition) is 1. The summed E-state index contributed by atoms with van der Waals surface area (Å²) in [5, 5.41) is 4.68. The molecule has 0 atom stereocenters. The number of ether oxygens (including phenoxy) is 3. The molecule has 2 aromatic carbocycles. The Bertz CT molecular complexity index is 986. The molecule has 0 saturated heterocycles. The molecule has 0 unspecified atom stereocenters. The second-order valence-corrected chi connectivity index (χ2v) is 6.53. The fourth-order valence-electron chi connectivity index (χ4n) is 2.47. The van der Waals surface area contributed by atoms with Gasteiger partial charge in [-0.3, -0.25) is 5.43 Å². The number of methoxy groups -OCH3 is 3. The minimum Gasteiger partial charge on any atom is -0.497 e. The zero-order chi connectivity index (χ0) is 19.9. The molecule has 1 N–H and O–H groups in total. The van der Waals surface area contributed by atoms with Crippen molar-refractivity contribution in [1.29, 1.82) is 0 Å². The summed E-state index contributed by atoms with van der Waals surface area (Å²) < 4.78 is 15.4. The molecule has 0 fully saturated rings. The molecule has 3 aromatic rings. The molecule has 144 valence electrons. The third-order valence-corrected chi connectivity index (χ3v) is 4.79. The number of thiazole rings is 1. The highest BCUT2D eigenvalue weighted by molar-refractivity contribution is 7.17. The summed E-state index contributed by atoms with van der Waals surface area (Å²) in [4.78, 5) is 17.0. The van der Waals surface area contributed by atoms with Gasteiger partial charge in [-0.2, -0.15) is 5.10 Å². The summed E-state index contributed by atoms with van der Waals surface area (Å²) in [7, 11) is 4.52. The first kappa shape index (κ1) is 19.4. The maximum atomic E-state index is 12.1. The average Bonchev–Trinajstić information content (AvgIpc) is 3.18. The molecule has 8 heteroatoms. The molecule has 0 aliphatic rings. The van der Waals surface area contributed by atoms with Crippen molar-refractivity contribution in [3.63, 3.8) is 0 Å². The predicted molar refractivity (Wildman–Crippen MR) is 110 cm³/mol. The number of carbonyl (C=O) groups excluding carboxylic acids is 1. The van der Waals surface area contributed by atoms with E-state index in [1.807, 2.05) is 42.5 Å². The number of anilines is 1. The highest BCUT2D eigenvalue weighted by atomic mass is 32.1. The fraction of sp³-hybridized carbons (Fsp3) is 0.150. The average molecular weight is 397 g/mol. The van der Waals surface area contributed by atoms with Crippen LogP contribution in [-0.4, -0.2) is 38.5 Å². The number of nitrogens with one attached hydrogen (secondary N) is 1. The van der Waals surface area contributed by atoms with Crippen LogP contribution in [0.25, 0.3) is 11.3 Å². The number of nitrogens with zero attached hydrogens (tertiary/aromatic N) is 2. The highest BCUT2D eigenvalue weighted by Crippen LogP contribution is 2.31. The molecule has 0 aliphatic heterocycles. The number of hydrogen-bond acceptors (Lipinski definition) is 8. The van der Waals surface area contributed by atoms with Crippen LogP contribution in [0.5, 0.6) is 11.5 Å². The van der Waals surface area contributed by atoms with Gasteiger partial charge in [-0.15, -0.1) is 0 Å². The van der Waals surface area contributed by atoms with Gasteiger partial charge in [0.25, 0.3) is 0 Å². The molecule has 0 aliphatic carbocycles. The van der Waals surface area contributed by atoms with Gasteiger partial charge in [0.1, 0.15) is 16.4 Å². The van der Waals surface area contributed by atoms with Crippen molar-refractivity contribution >= 4 is 28.7 Å². The van der Waals surface area contributed by atoms with E-state index in [1.165, 1.54) is 18.4 Å². The van der Waals surface area contributed by atoms with Gasteiger partial charge in [-0.25, -0.2) is 9.78 Å². The summed E-state index contributed by atoms with van der Waals surface area (Å²) in [5.74, 6) is 0.881. The van der Waals surface area contributed by atoms with E-state index in [2.05, 4.69) is 15.5 Å².